The van der Waals surface area contributed by atoms with Crippen molar-refractivity contribution in [2.45, 2.75) is 12.8 Å². The lowest BCUT2D eigenvalue weighted by Crippen LogP contribution is -2.29. The van der Waals surface area contributed by atoms with E-state index in [0.29, 0.717) is 6.42 Å². The van der Waals surface area contributed by atoms with Gasteiger partial charge < -0.3 is 0 Å². The summed E-state index contributed by atoms with van der Waals surface area (Å²) < 4.78 is 0. The molecule has 0 saturated carbocycles. The van der Waals surface area contributed by atoms with Gasteiger partial charge in [0.25, 0.3) is 0 Å². The third-order valence-corrected chi connectivity index (χ3v) is 2.98. The summed E-state index contributed by atoms with van der Waals surface area (Å²) in [6.07, 6.45) is 4.01. The smallest absolute Gasteiger partial charge is 0.0635 e. The molecule has 0 spiro atoms. The van der Waals surface area contributed by atoms with Crippen LogP contribution in [0.2, 0.25) is 0 Å². The minimum atomic E-state index is 0.633. The van der Waals surface area contributed by atoms with Crippen molar-refractivity contribution in [1.29, 1.82) is 5.26 Å². The molecule has 2 heteroatoms. The summed E-state index contributed by atoms with van der Waals surface area (Å²) in [6.45, 7) is 2.95. The van der Waals surface area contributed by atoms with Crippen LogP contribution >= 0.6 is 0 Å². The summed E-state index contributed by atoms with van der Waals surface area (Å²) in [5.41, 5.74) is 2.77. The minimum absolute atomic E-state index is 0.633. The maximum absolute atomic E-state index is 8.53. The molecule has 1 aromatic rings. The van der Waals surface area contributed by atoms with Crippen LogP contribution in [0.5, 0.6) is 0 Å². The summed E-state index contributed by atoms with van der Waals surface area (Å²) in [7, 11) is 0. The molecule has 0 saturated heterocycles. The molecule has 0 fully saturated rings. The standard InChI is InChI=1S/C14H16N2/c15-9-4-10-16-11-7-14(8-12-16)13-5-2-1-3-6-13/h1-3,5-7H,4,8,10-12H2. The molecule has 2 rings (SSSR count). The van der Waals surface area contributed by atoms with E-state index in [2.05, 4.69) is 41.3 Å². The van der Waals surface area contributed by atoms with E-state index in [-0.39, 0.29) is 0 Å². The van der Waals surface area contributed by atoms with Crippen molar-refractivity contribution < 1.29 is 0 Å². The molecule has 82 valence electrons. The summed E-state index contributed by atoms with van der Waals surface area (Å²) in [6, 6.07) is 12.7. The molecular formula is C14H16N2. The first-order chi connectivity index (χ1) is 7.90. The summed E-state index contributed by atoms with van der Waals surface area (Å²) in [4.78, 5) is 2.33. The first-order valence-corrected chi connectivity index (χ1v) is 5.74. The van der Waals surface area contributed by atoms with Crippen LogP contribution in [0.3, 0.4) is 0 Å². The predicted octanol–water partition coefficient (Wildman–Crippen LogP) is 2.69. The van der Waals surface area contributed by atoms with E-state index in [9.17, 15) is 0 Å². The fourth-order valence-electron chi connectivity index (χ4n) is 2.04. The Balaban J connectivity index is 1.96. The predicted molar refractivity (Wildman–Crippen MR) is 65.7 cm³/mol. The highest BCUT2D eigenvalue weighted by Gasteiger charge is 2.11. The van der Waals surface area contributed by atoms with Gasteiger partial charge in [-0.25, -0.2) is 0 Å². The number of nitriles is 1. The van der Waals surface area contributed by atoms with Gasteiger partial charge in [0, 0.05) is 26.1 Å². The quantitative estimate of drug-likeness (QED) is 0.770. The topological polar surface area (TPSA) is 27.0 Å². The Bertz CT molecular complexity index is 400. The second-order valence-electron chi connectivity index (χ2n) is 4.05. The first kappa shape index (κ1) is 10.9. The zero-order valence-corrected chi connectivity index (χ0v) is 9.39. The van der Waals surface area contributed by atoms with Crippen LogP contribution in [-0.2, 0) is 0 Å². The van der Waals surface area contributed by atoms with Crippen LogP contribution in [0, 0.1) is 11.3 Å². The van der Waals surface area contributed by atoms with E-state index in [1.165, 1.54) is 11.1 Å². The maximum atomic E-state index is 8.53. The maximum Gasteiger partial charge on any atom is 0.0635 e. The van der Waals surface area contributed by atoms with E-state index in [1.807, 2.05) is 6.07 Å². The van der Waals surface area contributed by atoms with Gasteiger partial charge >= 0.3 is 0 Å². The van der Waals surface area contributed by atoms with Crippen molar-refractivity contribution in [3.63, 3.8) is 0 Å². The Morgan fingerprint density at radius 3 is 2.69 bits per heavy atom. The van der Waals surface area contributed by atoms with E-state index < -0.39 is 0 Å². The normalized spacial score (nSPS) is 16.6. The lowest BCUT2D eigenvalue weighted by molar-refractivity contribution is 0.309. The molecule has 2 nitrogen and oxygen atoms in total. The number of benzene rings is 1. The van der Waals surface area contributed by atoms with E-state index in [1.54, 1.807) is 0 Å². The van der Waals surface area contributed by atoms with Crippen LogP contribution in [0.25, 0.3) is 5.57 Å². The van der Waals surface area contributed by atoms with Crippen molar-refractivity contribution in [3.05, 3.63) is 42.0 Å². The van der Waals surface area contributed by atoms with Gasteiger partial charge in [-0.1, -0.05) is 36.4 Å². The second-order valence-corrected chi connectivity index (χ2v) is 4.05. The largest absolute Gasteiger partial charge is 0.298 e. The Kier molecular flexibility index (Phi) is 3.74. The third-order valence-electron chi connectivity index (χ3n) is 2.98. The van der Waals surface area contributed by atoms with Gasteiger partial charge in [-0.3, -0.25) is 4.90 Å². The van der Waals surface area contributed by atoms with Crippen molar-refractivity contribution in [3.8, 4) is 6.07 Å². The highest BCUT2D eigenvalue weighted by atomic mass is 15.1. The highest BCUT2D eigenvalue weighted by Crippen LogP contribution is 2.21. The molecule has 0 amide bonds. The fourth-order valence-corrected chi connectivity index (χ4v) is 2.04. The van der Waals surface area contributed by atoms with Crippen molar-refractivity contribution in [2.75, 3.05) is 19.6 Å². The second kappa shape index (κ2) is 5.48. The molecule has 1 aliphatic heterocycles. The van der Waals surface area contributed by atoms with Crippen molar-refractivity contribution in [2.24, 2.45) is 0 Å². The van der Waals surface area contributed by atoms with Gasteiger partial charge in [0.1, 0.15) is 0 Å². The Morgan fingerprint density at radius 1 is 1.25 bits per heavy atom. The molecule has 1 aromatic carbocycles. The SMILES string of the molecule is N#CCCN1CC=C(c2ccccc2)CC1. The van der Waals surface area contributed by atoms with E-state index in [0.717, 1.165) is 26.1 Å². The third kappa shape index (κ3) is 2.71. The van der Waals surface area contributed by atoms with Crippen molar-refractivity contribution >= 4 is 5.57 Å². The number of hydrogen-bond donors (Lipinski definition) is 0. The molecular weight excluding hydrogens is 196 g/mol. The van der Waals surface area contributed by atoms with Crippen LogP contribution in [-0.4, -0.2) is 24.5 Å². The van der Waals surface area contributed by atoms with Gasteiger partial charge in [0.05, 0.1) is 6.07 Å². The number of hydrogen-bond acceptors (Lipinski definition) is 2. The lowest BCUT2D eigenvalue weighted by atomic mass is 9.99. The van der Waals surface area contributed by atoms with Gasteiger partial charge in [0.15, 0.2) is 0 Å². The monoisotopic (exact) mass is 212 g/mol. The molecule has 0 N–H and O–H groups in total. The molecule has 1 aliphatic rings. The Morgan fingerprint density at radius 2 is 2.06 bits per heavy atom. The molecule has 0 unspecified atom stereocenters. The molecule has 0 atom stereocenters. The Hall–Kier alpha value is -1.59. The van der Waals surface area contributed by atoms with Crippen LogP contribution in [0.15, 0.2) is 36.4 Å². The van der Waals surface area contributed by atoms with Gasteiger partial charge in [-0.15, -0.1) is 0 Å². The Labute approximate surface area is 96.8 Å². The fraction of sp³-hybridized carbons (Fsp3) is 0.357. The van der Waals surface area contributed by atoms with E-state index >= 15 is 0 Å². The van der Waals surface area contributed by atoms with Gasteiger partial charge in [-0.05, 0) is 17.6 Å². The molecule has 1 heterocycles. The first-order valence-electron chi connectivity index (χ1n) is 5.74. The molecule has 0 aromatic heterocycles. The molecule has 0 aliphatic carbocycles. The number of rotatable bonds is 3. The van der Waals surface area contributed by atoms with Gasteiger partial charge in [-0.2, -0.15) is 5.26 Å². The average molecular weight is 212 g/mol. The van der Waals surface area contributed by atoms with Crippen LogP contribution in [0.4, 0.5) is 0 Å². The molecule has 0 radical (unpaired) electrons. The molecule has 0 bridgehead atoms. The zero-order valence-electron chi connectivity index (χ0n) is 9.39. The highest BCUT2D eigenvalue weighted by molar-refractivity contribution is 5.66. The van der Waals surface area contributed by atoms with Crippen LogP contribution < -0.4 is 0 Å². The van der Waals surface area contributed by atoms with Crippen molar-refractivity contribution in [1.82, 2.24) is 4.90 Å². The summed E-state index contributed by atoms with van der Waals surface area (Å²) in [5, 5.41) is 8.53. The minimum Gasteiger partial charge on any atom is -0.298 e. The molecule has 16 heavy (non-hydrogen) atoms. The summed E-state index contributed by atoms with van der Waals surface area (Å²) in [5.74, 6) is 0. The van der Waals surface area contributed by atoms with Crippen LogP contribution in [0.1, 0.15) is 18.4 Å². The van der Waals surface area contributed by atoms with Gasteiger partial charge in [0.2, 0.25) is 0 Å². The zero-order chi connectivity index (χ0) is 11.2. The number of nitrogens with zero attached hydrogens (tertiary/aromatic N) is 2. The van der Waals surface area contributed by atoms with E-state index in [4.69, 9.17) is 5.26 Å². The lowest BCUT2D eigenvalue weighted by Gasteiger charge is -2.25. The average Bonchev–Trinajstić information content (AvgIpc) is 2.38. The summed E-state index contributed by atoms with van der Waals surface area (Å²) >= 11 is 0.